The lowest BCUT2D eigenvalue weighted by molar-refractivity contribution is -0.0553. The minimum absolute atomic E-state index is 0.101. The topological polar surface area (TPSA) is 73.1 Å². The molecule has 1 aliphatic heterocycles. The number of nitrogens with one attached hydrogen (secondary N) is 1. The van der Waals surface area contributed by atoms with Crippen LogP contribution in [0.4, 0.5) is 5.95 Å². The van der Waals surface area contributed by atoms with Crippen LogP contribution < -0.4 is 11.1 Å². The maximum Gasteiger partial charge on any atom is 0.223 e. The Morgan fingerprint density at radius 1 is 1.61 bits per heavy atom. The van der Waals surface area contributed by atoms with Crippen LogP contribution >= 0.6 is 12.2 Å². The fraction of sp³-hybridized carbons (Fsp3) is 0.583. The molecular formula is C12H18N4OS. The molecule has 98 valence electrons. The molecule has 0 spiro atoms. The molecule has 1 aliphatic rings. The lowest BCUT2D eigenvalue weighted by atomic mass is 9.94. The molecule has 2 heterocycles. The third kappa shape index (κ3) is 3.36. The highest BCUT2D eigenvalue weighted by Crippen LogP contribution is 2.25. The Kier molecular flexibility index (Phi) is 3.77. The van der Waals surface area contributed by atoms with Crippen molar-refractivity contribution in [2.45, 2.75) is 38.3 Å². The molecule has 0 bridgehead atoms. The molecule has 0 aromatic carbocycles. The van der Waals surface area contributed by atoms with Gasteiger partial charge in [0.2, 0.25) is 5.95 Å². The van der Waals surface area contributed by atoms with Gasteiger partial charge in [0.1, 0.15) is 10.7 Å². The Morgan fingerprint density at radius 3 is 3.06 bits per heavy atom. The Morgan fingerprint density at radius 2 is 2.39 bits per heavy atom. The van der Waals surface area contributed by atoms with E-state index in [1.165, 1.54) is 0 Å². The first-order valence-electron chi connectivity index (χ1n) is 6.00. The van der Waals surface area contributed by atoms with E-state index in [-0.39, 0.29) is 10.6 Å². The highest BCUT2D eigenvalue weighted by atomic mass is 32.1. The van der Waals surface area contributed by atoms with Crippen LogP contribution in [0.25, 0.3) is 0 Å². The van der Waals surface area contributed by atoms with Gasteiger partial charge in [-0.05, 0) is 32.8 Å². The summed E-state index contributed by atoms with van der Waals surface area (Å²) in [5, 5.41) is 3.31. The number of hydrogen-bond donors (Lipinski definition) is 2. The summed E-state index contributed by atoms with van der Waals surface area (Å²) in [5.41, 5.74) is 6.04. The van der Waals surface area contributed by atoms with Crippen LogP contribution in [0.2, 0.25) is 0 Å². The van der Waals surface area contributed by atoms with Gasteiger partial charge in [-0.2, -0.15) is 0 Å². The van der Waals surface area contributed by atoms with Gasteiger partial charge in [0.25, 0.3) is 0 Å². The van der Waals surface area contributed by atoms with Crippen LogP contribution in [0.15, 0.2) is 12.3 Å². The molecule has 1 saturated heterocycles. The predicted molar refractivity (Wildman–Crippen MR) is 74.6 cm³/mol. The smallest absolute Gasteiger partial charge is 0.223 e. The first-order valence-corrected chi connectivity index (χ1v) is 6.40. The molecule has 0 aliphatic carbocycles. The Balaban J connectivity index is 2.05. The van der Waals surface area contributed by atoms with Gasteiger partial charge >= 0.3 is 0 Å². The number of ether oxygens (including phenoxy) is 1. The van der Waals surface area contributed by atoms with Crippen molar-refractivity contribution in [3.05, 3.63) is 18.0 Å². The average molecular weight is 266 g/mol. The number of hydrogen-bond acceptors (Lipinski definition) is 5. The third-order valence-corrected chi connectivity index (χ3v) is 3.15. The van der Waals surface area contributed by atoms with E-state index in [0.717, 1.165) is 19.4 Å². The number of rotatable bonds is 3. The van der Waals surface area contributed by atoms with Crippen LogP contribution in [-0.2, 0) is 4.74 Å². The van der Waals surface area contributed by atoms with E-state index in [2.05, 4.69) is 29.1 Å². The van der Waals surface area contributed by atoms with Crippen molar-refractivity contribution in [3.63, 3.8) is 0 Å². The molecule has 5 nitrogen and oxygen atoms in total. The molecule has 0 saturated carbocycles. The molecule has 2 rings (SSSR count). The first-order chi connectivity index (χ1) is 8.46. The molecule has 0 radical (unpaired) electrons. The van der Waals surface area contributed by atoms with Crippen LogP contribution in [0, 0.1) is 0 Å². The summed E-state index contributed by atoms with van der Waals surface area (Å²) in [6, 6.07) is 2.02. The third-order valence-electron chi connectivity index (χ3n) is 2.94. The summed E-state index contributed by atoms with van der Waals surface area (Å²) < 4.78 is 5.67. The highest BCUT2D eigenvalue weighted by Gasteiger charge is 2.29. The summed E-state index contributed by atoms with van der Waals surface area (Å²) in [5.74, 6) is 0.572. The molecule has 6 heteroatoms. The summed E-state index contributed by atoms with van der Waals surface area (Å²) in [4.78, 5) is 8.76. The number of aromatic nitrogens is 2. The highest BCUT2D eigenvalue weighted by molar-refractivity contribution is 7.80. The lowest BCUT2D eigenvalue weighted by Gasteiger charge is -2.35. The zero-order valence-electron chi connectivity index (χ0n) is 10.6. The van der Waals surface area contributed by atoms with Gasteiger partial charge in [-0.3, -0.25) is 0 Å². The molecule has 1 atom stereocenters. The summed E-state index contributed by atoms with van der Waals surface area (Å²) in [6.45, 7) is 4.93. The quantitative estimate of drug-likeness (QED) is 0.807. The standard InChI is InChI=1S/C12H18N4OS/c1-12(2)7-8(4-6-17-12)15-11-14-5-3-9(16-11)10(13)18/h3,5,8H,4,6-7H2,1-2H3,(H2,13,18)(H,14,15,16). The molecule has 18 heavy (non-hydrogen) atoms. The van der Waals surface area contributed by atoms with Gasteiger partial charge in [-0.25, -0.2) is 9.97 Å². The van der Waals surface area contributed by atoms with Crippen molar-refractivity contribution in [3.8, 4) is 0 Å². The van der Waals surface area contributed by atoms with E-state index < -0.39 is 0 Å². The predicted octanol–water partition coefficient (Wildman–Crippen LogP) is 1.48. The molecule has 1 unspecified atom stereocenters. The van der Waals surface area contributed by atoms with Gasteiger partial charge in [0, 0.05) is 18.8 Å². The van der Waals surface area contributed by atoms with Crippen LogP contribution in [-0.4, -0.2) is 33.2 Å². The maximum atomic E-state index is 5.67. The fourth-order valence-electron chi connectivity index (χ4n) is 2.10. The second-order valence-corrected chi connectivity index (χ2v) is 5.51. The molecule has 3 N–H and O–H groups in total. The number of thiocarbonyl (C=S) groups is 1. The van der Waals surface area contributed by atoms with Crippen molar-refractivity contribution >= 4 is 23.2 Å². The fourth-order valence-corrected chi connectivity index (χ4v) is 2.22. The normalized spacial score (nSPS) is 22.4. The first kappa shape index (κ1) is 13.2. The van der Waals surface area contributed by atoms with Gasteiger partial charge in [0.05, 0.1) is 5.60 Å². The SMILES string of the molecule is CC1(C)CC(Nc2nccc(C(N)=S)n2)CCO1. The molecule has 0 amide bonds. The van der Waals surface area contributed by atoms with Gasteiger partial charge < -0.3 is 15.8 Å². The van der Waals surface area contributed by atoms with E-state index in [4.69, 9.17) is 22.7 Å². The Labute approximate surface area is 112 Å². The lowest BCUT2D eigenvalue weighted by Crippen LogP contribution is -2.40. The van der Waals surface area contributed by atoms with Crippen molar-refractivity contribution in [2.24, 2.45) is 5.73 Å². The van der Waals surface area contributed by atoms with E-state index in [1.807, 2.05) is 0 Å². The Hall–Kier alpha value is -1.27. The summed E-state index contributed by atoms with van der Waals surface area (Å²) in [7, 11) is 0. The second-order valence-electron chi connectivity index (χ2n) is 5.07. The monoisotopic (exact) mass is 266 g/mol. The minimum atomic E-state index is -0.101. The molecule has 1 fully saturated rings. The van der Waals surface area contributed by atoms with Gasteiger partial charge in [-0.1, -0.05) is 12.2 Å². The summed E-state index contributed by atoms with van der Waals surface area (Å²) >= 11 is 4.90. The largest absolute Gasteiger partial charge is 0.388 e. The van der Waals surface area contributed by atoms with Crippen molar-refractivity contribution in [1.82, 2.24) is 9.97 Å². The number of anilines is 1. The molecule has 1 aromatic rings. The number of nitrogens with zero attached hydrogens (tertiary/aromatic N) is 2. The van der Waals surface area contributed by atoms with E-state index >= 15 is 0 Å². The minimum Gasteiger partial charge on any atom is -0.388 e. The zero-order valence-corrected chi connectivity index (χ0v) is 11.5. The van der Waals surface area contributed by atoms with Crippen LogP contribution in [0.3, 0.4) is 0 Å². The van der Waals surface area contributed by atoms with Gasteiger partial charge in [-0.15, -0.1) is 0 Å². The Bertz CT molecular complexity index is 449. The van der Waals surface area contributed by atoms with Gasteiger partial charge in [0.15, 0.2) is 0 Å². The number of nitrogens with two attached hydrogens (primary N) is 1. The second kappa shape index (κ2) is 5.16. The maximum absolute atomic E-state index is 5.67. The van der Waals surface area contributed by atoms with Crippen molar-refractivity contribution in [2.75, 3.05) is 11.9 Å². The van der Waals surface area contributed by atoms with E-state index in [9.17, 15) is 0 Å². The van der Waals surface area contributed by atoms with Crippen LogP contribution in [0.1, 0.15) is 32.4 Å². The molecule has 1 aromatic heterocycles. The van der Waals surface area contributed by atoms with Crippen LogP contribution in [0.5, 0.6) is 0 Å². The average Bonchev–Trinajstić information content (AvgIpc) is 2.28. The summed E-state index contributed by atoms with van der Waals surface area (Å²) in [6.07, 6.45) is 3.53. The van der Waals surface area contributed by atoms with E-state index in [1.54, 1.807) is 12.3 Å². The van der Waals surface area contributed by atoms with Crippen molar-refractivity contribution < 1.29 is 4.74 Å². The molecular weight excluding hydrogens is 248 g/mol. The van der Waals surface area contributed by atoms with Crippen molar-refractivity contribution in [1.29, 1.82) is 0 Å². The van der Waals surface area contributed by atoms with E-state index in [0.29, 0.717) is 17.7 Å². The zero-order chi connectivity index (χ0) is 13.2.